The van der Waals surface area contributed by atoms with Crippen LogP contribution in [0.25, 0.3) is 27.6 Å². The Kier molecular flexibility index (Phi) is 3.45. The first-order valence-electron chi connectivity index (χ1n) is 6.66. The summed E-state index contributed by atoms with van der Waals surface area (Å²) in [6, 6.07) is 16.8. The second-order valence-electron chi connectivity index (χ2n) is 4.93. The van der Waals surface area contributed by atoms with Crippen molar-refractivity contribution in [3.8, 4) is 0 Å². The Hall–Kier alpha value is -2.62. The summed E-state index contributed by atoms with van der Waals surface area (Å²) in [5.41, 5.74) is 0.617. The number of carbonyl (C=O) groups is 1. The lowest BCUT2D eigenvalue weighted by Crippen LogP contribution is -2.19. The first-order chi connectivity index (χ1) is 10.5. The van der Waals surface area contributed by atoms with Gasteiger partial charge in [-0.15, -0.1) is 0 Å². The molecule has 0 aliphatic rings. The number of allylic oxidation sites excluding steroid dienone is 1. The molecular formula is C18H11F3O. The van der Waals surface area contributed by atoms with Crippen LogP contribution in [0.3, 0.4) is 0 Å². The van der Waals surface area contributed by atoms with Crippen LogP contribution in [0.4, 0.5) is 13.2 Å². The number of carbonyl (C=O) groups excluding carboxylic acids is 1. The smallest absolute Gasteiger partial charge is 0.285 e. The third kappa shape index (κ3) is 2.60. The normalized spacial score (nSPS) is 12.3. The number of rotatable bonds is 2. The van der Waals surface area contributed by atoms with Crippen molar-refractivity contribution in [1.29, 1.82) is 0 Å². The maximum atomic E-state index is 12.4. The number of hydrogen-bond acceptors (Lipinski definition) is 1. The minimum atomic E-state index is -4.85. The lowest BCUT2D eigenvalue weighted by Gasteiger charge is -2.08. The molecule has 0 saturated carbocycles. The van der Waals surface area contributed by atoms with Gasteiger partial charge in [-0.2, -0.15) is 13.2 Å². The Morgan fingerprint density at radius 3 is 1.86 bits per heavy atom. The van der Waals surface area contributed by atoms with Crippen LogP contribution in [0.15, 0.2) is 60.7 Å². The summed E-state index contributed by atoms with van der Waals surface area (Å²) in [6.45, 7) is 0. The van der Waals surface area contributed by atoms with Crippen LogP contribution >= 0.6 is 0 Å². The van der Waals surface area contributed by atoms with E-state index >= 15 is 0 Å². The zero-order valence-electron chi connectivity index (χ0n) is 11.4. The maximum Gasteiger partial charge on any atom is 0.454 e. The first-order valence-corrected chi connectivity index (χ1v) is 6.66. The fourth-order valence-electron chi connectivity index (χ4n) is 2.48. The molecule has 110 valence electrons. The maximum absolute atomic E-state index is 12.4. The van der Waals surface area contributed by atoms with E-state index in [2.05, 4.69) is 0 Å². The van der Waals surface area contributed by atoms with E-state index in [9.17, 15) is 18.0 Å². The van der Waals surface area contributed by atoms with Crippen molar-refractivity contribution in [2.75, 3.05) is 0 Å². The molecule has 0 aliphatic carbocycles. The van der Waals surface area contributed by atoms with Crippen molar-refractivity contribution in [3.63, 3.8) is 0 Å². The predicted octanol–water partition coefficient (Wildman–Crippen LogP) is 5.14. The van der Waals surface area contributed by atoms with E-state index in [1.54, 1.807) is 0 Å². The topological polar surface area (TPSA) is 17.1 Å². The van der Waals surface area contributed by atoms with Gasteiger partial charge in [0.15, 0.2) is 0 Å². The molecule has 0 spiro atoms. The highest BCUT2D eigenvalue weighted by Crippen LogP contribution is 2.30. The summed E-state index contributed by atoms with van der Waals surface area (Å²) in [4.78, 5) is 11.1. The lowest BCUT2D eigenvalue weighted by molar-refractivity contribution is -0.165. The number of alkyl halides is 3. The molecule has 0 radical (unpaired) electrons. The minimum Gasteiger partial charge on any atom is -0.285 e. The molecular weight excluding hydrogens is 289 g/mol. The van der Waals surface area contributed by atoms with E-state index < -0.39 is 12.0 Å². The zero-order chi connectivity index (χ0) is 15.7. The number of hydrogen-bond donors (Lipinski definition) is 0. The van der Waals surface area contributed by atoms with E-state index in [0.717, 1.165) is 21.5 Å². The van der Waals surface area contributed by atoms with E-state index in [4.69, 9.17) is 0 Å². The van der Waals surface area contributed by atoms with Gasteiger partial charge in [-0.25, -0.2) is 0 Å². The van der Waals surface area contributed by atoms with Crippen molar-refractivity contribution in [2.45, 2.75) is 6.18 Å². The molecule has 0 N–H and O–H groups in total. The molecule has 0 bridgehead atoms. The van der Waals surface area contributed by atoms with Crippen LogP contribution < -0.4 is 0 Å². The van der Waals surface area contributed by atoms with Gasteiger partial charge in [0.25, 0.3) is 5.78 Å². The third-order valence-corrected chi connectivity index (χ3v) is 3.49. The molecule has 0 atom stereocenters. The second-order valence-corrected chi connectivity index (χ2v) is 4.93. The lowest BCUT2D eigenvalue weighted by atomic mass is 9.96. The Labute approximate surface area is 124 Å². The molecule has 0 fully saturated rings. The van der Waals surface area contributed by atoms with E-state index in [0.29, 0.717) is 11.6 Å². The van der Waals surface area contributed by atoms with Crippen LogP contribution in [0, 0.1) is 0 Å². The predicted molar refractivity (Wildman–Crippen MR) is 81.6 cm³/mol. The average Bonchev–Trinajstić information content (AvgIpc) is 2.50. The minimum absolute atomic E-state index is 0.591. The second kappa shape index (κ2) is 5.30. The summed E-state index contributed by atoms with van der Waals surface area (Å²) in [7, 11) is 0. The average molecular weight is 300 g/mol. The van der Waals surface area contributed by atoms with Crippen LogP contribution in [-0.4, -0.2) is 12.0 Å². The number of benzene rings is 3. The molecule has 0 amide bonds. The Bertz CT molecular complexity index is 838. The molecule has 22 heavy (non-hydrogen) atoms. The quantitative estimate of drug-likeness (QED) is 0.473. The summed E-state index contributed by atoms with van der Waals surface area (Å²) in [6.07, 6.45) is -3.01. The summed E-state index contributed by atoms with van der Waals surface area (Å²) in [5.74, 6) is -1.86. The monoisotopic (exact) mass is 300 g/mol. The number of fused-ring (bicyclic) bond motifs is 2. The van der Waals surface area contributed by atoms with Crippen LogP contribution in [0.1, 0.15) is 5.56 Å². The van der Waals surface area contributed by atoms with Gasteiger partial charge in [0, 0.05) is 0 Å². The molecule has 0 aromatic heterocycles. The number of halogens is 3. The van der Waals surface area contributed by atoms with Gasteiger partial charge >= 0.3 is 6.18 Å². The Balaban J connectivity index is 2.25. The molecule has 3 aromatic rings. The van der Waals surface area contributed by atoms with Gasteiger partial charge in [0.05, 0.1) is 0 Å². The zero-order valence-corrected chi connectivity index (χ0v) is 11.4. The van der Waals surface area contributed by atoms with E-state index in [-0.39, 0.29) is 0 Å². The van der Waals surface area contributed by atoms with Gasteiger partial charge in [0.2, 0.25) is 0 Å². The van der Waals surface area contributed by atoms with Gasteiger partial charge in [-0.3, -0.25) is 4.79 Å². The SMILES string of the molecule is O=C(/C=C/c1c2ccccc2cc2ccccc12)C(F)(F)F. The molecule has 0 saturated heterocycles. The van der Waals surface area contributed by atoms with Crippen molar-refractivity contribution >= 4 is 33.4 Å². The van der Waals surface area contributed by atoms with Crippen molar-refractivity contribution in [1.82, 2.24) is 0 Å². The summed E-state index contributed by atoms with van der Waals surface area (Å²) in [5, 5.41) is 3.46. The molecule has 1 nitrogen and oxygen atoms in total. The van der Waals surface area contributed by atoms with Gasteiger partial charge in [0.1, 0.15) is 0 Å². The Morgan fingerprint density at radius 1 is 0.864 bits per heavy atom. The van der Waals surface area contributed by atoms with Crippen LogP contribution in [0.2, 0.25) is 0 Å². The molecule has 0 unspecified atom stereocenters. The third-order valence-electron chi connectivity index (χ3n) is 3.49. The highest BCUT2D eigenvalue weighted by Gasteiger charge is 2.36. The molecule has 4 heteroatoms. The first kappa shape index (κ1) is 14.3. The fraction of sp³-hybridized carbons (Fsp3) is 0.0556. The van der Waals surface area contributed by atoms with Gasteiger partial charge < -0.3 is 0 Å². The molecule has 0 heterocycles. The van der Waals surface area contributed by atoms with Crippen LogP contribution in [0.5, 0.6) is 0 Å². The van der Waals surface area contributed by atoms with Crippen molar-refractivity contribution < 1.29 is 18.0 Å². The molecule has 3 aromatic carbocycles. The van der Waals surface area contributed by atoms with E-state index in [1.165, 1.54) is 6.08 Å². The van der Waals surface area contributed by atoms with Crippen molar-refractivity contribution in [2.24, 2.45) is 0 Å². The summed E-state index contributed by atoms with van der Waals surface area (Å²) >= 11 is 0. The van der Waals surface area contributed by atoms with Gasteiger partial charge in [-0.05, 0) is 45.3 Å². The standard InChI is InChI=1S/C18H11F3O/c19-18(20,21)17(22)10-9-16-14-7-3-1-5-12(14)11-13-6-2-4-8-15(13)16/h1-11H/b10-9+. The fourth-order valence-corrected chi connectivity index (χ4v) is 2.48. The summed E-state index contributed by atoms with van der Waals surface area (Å²) < 4.78 is 37.1. The highest BCUT2D eigenvalue weighted by atomic mass is 19.4. The molecule has 3 rings (SSSR count). The number of ketones is 1. The van der Waals surface area contributed by atoms with Gasteiger partial charge in [-0.1, -0.05) is 48.5 Å². The van der Waals surface area contributed by atoms with E-state index in [1.807, 2.05) is 54.6 Å². The van der Waals surface area contributed by atoms with Crippen LogP contribution in [-0.2, 0) is 4.79 Å². The Morgan fingerprint density at radius 2 is 1.36 bits per heavy atom. The molecule has 0 aliphatic heterocycles. The highest BCUT2D eigenvalue weighted by molar-refractivity contribution is 6.09. The van der Waals surface area contributed by atoms with Crippen molar-refractivity contribution in [3.05, 3.63) is 66.2 Å². The largest absolute Gasteiger partial charge is 0.454 e.